The van der Waals surface area contributed by atoms with Crippen LogP contribution in [0.25, 0.3) is 0 Å². The normalized spacial score (nSPS) is 18.0. The van der Waals surface area contributed by atoms with Gasteiger partial charge in [-0.15, -0.1) is 0 Å². The van der Waals surface area contributed by atoms with Crippen LogP contribution in [0, 0.1) is 5.92 Å². The monoisotopic (exact) mass is 269 g/mol. The maximum atomic E-state index is 11.9. The minimum absolute atomic E-state index is 0.122. The van der Waals surface area contributed by atoms with Crippen molar-refractivity contribution in [2.45, 2.75) is 52.1 Å². The summed E-state index contributed by atoms with van der Waals surface area (Å²) in [5, 5.41) is 8.65. The third kappa shape index (κ3) is 6.62. The summed E-state index contributed by atoms with van der Waals surface area (Å²) >= 11 is 0. The molecule has 1 rings (SSSR count). The Morgan fingerprint density at radius 3 is 2.47 bits per heavy atom. The molecule has 0 atom stereocenters. The summed E-state index contributed by atoms with van der Waals surface area (Å²) < 4.78 is 5.37. The summed E-state index contributed by atoms with van der Waals surface area (Å²) in [6.45, 7) is 7.39. The maximum Gasteiger partial charge on any atom is 0.410 e. The number of hydrogen-bond donors (Lipinski definition) is 1. The van der Waals surface area contributed by atoms with Crippen molar-refractivity contribution in [2.75, 3.05) is 19.7 Å². The number of piperidine rings is 1. The number of allylic oxidation sites excluding steroid dienone is 1. The van der Waals surface area contributed by atoms with Gasteiger partial charge in [0.05, 0.1) is 6.61 Å². The van der Waals surface area contributed by atoms with Crippen LogP contribution in [-0.4, -0.2) is 41.4 Å². The van der Waals surface area contributed by atoms with E-state index in [1.807, 2.05) is 31.7 Å². The van der Waals surface area contributed by atoms with Crippen LogP contribution in [0.4, 0.5) is 4.79 Å². The van der Waals surface area contributed by atoms with Crippen molar-refractivity contribution in [3.05, 3.63) is 12.2 Å². The van der Waals surface area contributed by atoms with Crippen molar-refractivity contribution in [1.29, 1.82) is 0 Å². The predicted octanol–water partition coefficient (Wildman–Crippen LogP) is 2.96. The molecule has 0 radical (unpaired) electrons. The van der Waals surface area contributed by atoms with E-state index < -0.39 is 5.60 Å². The van der Waals surface area contributed by atoms with E-state index in [0.29, 0.717) is 5.92 Å². The summed E-state index contributed by atoms with van der Waals surface area (Å²) in [6, 6.07) is 0. The molecule has 1 aliphatic rings. The molecule has 1 heterocycles. The van der Waals surface area contributed by atoms with Gasteiger partial charge in [-0.2, -0.15) is 0 Å². The van der Waals surface area contributed by atoms with Gasteiger partial charge >= 0.3 is 6.09 Å². The number of likely N-dealkylation sites (tertiary alicyclic amines) is 1. The van der Waals surface area contributed by atoms with Crippen molar-refractivity contribution in [3.63, 3.8) is 0 Å². The predicted molar refractivity (Wildman–Crippen MR) is 76.0 cm³/mol. The average molecular weight is 269 g/mol. The zero-order chi connectivity index (χ0) is 14.3. The Morgan fingerprint density at radius 1 is 1.32 bits per heavy atom. The lowest BCUT2D eigenvalue weighted by molar-refractivity contribution is 0.0181. The first-order chi connectivity index (χ1) is 8.92. The van der Waals surface area contributed by atoms with Crippen molar-refractivity contribution < 1.29 is 14.6 Å². The maximum absolute atomic E-state index is 11.9. The number of nitrogens with zero attached hydrogens (tertiary/aromatic N) is 1. The van der Waals surface area contributed by atoms with Gasteiger partial charge in [-0.3, -0.25) is 0 Å². The molecule has 0 aliphatic carbocycles. The minimum Gasteiger partial charge on any atom is -0.444 e. The van der Waals surface area contributed by atoms with Crippen LogP contribution in [0.15, 0.2) is 12.2 Å². The van der Waals surface area contributed by atoms with Crippen LogP contribution in [0.3, 0.4) is 0 Å². The number of aliphatic hydroxyl groups excluding tert-OH is 1. The summed E-state index contributed by atoms with van der Waals surface area (Å²) in [5.41, 5.74) is -0.414. The smallest absolute Gasteiger partial charge is 0.410 e. The Hall–Kier alpha value is -1.03. The Labute approximate surface area is 116 Å². The fourth-order valence-corrected chi connectivity index (χ4v) is 2.26. The molecule has 4 heteroatoms. The zero-order valence-corrected chi connectivity index (χ0v) is 12.4. The largest absolute Gasteiger partial charge is 0.444 e. The first-order valence-electron chi connectivity index (χ1n) is 7.16. The van der Waals surface area contributed by atoms with Crippen LogP contribution in [-0.2, 0) is 4.74 Å². The lowest BCUT2D eigenvalue weighted by Crippen LogP contribution is -2.41. The van der Waals surface area contributed by atoms with Crippen LogP contribution >= 0.6 is 0 Å². The molecule has 1 fully saturated rings. The molecule has 1 N–H and O–H groups in total. The molecular formula is C15H27NO3. The van der Waals surface area contributed by atoms with Gasteiger partial charge in [0.25, 0.3) is 0 Å². The molecule has 0 spiro atoms. The molecule has 19 heavy (non-hydrogen) atoms. The Morgan fingerprint density at radius 2 is 1.95 bits per heavy atom. The lowest BCUT2D eigenvalue weighted by atomic mass is 9.92. The van der Waals surface area contributed by atoms with E-state index in [0.717, 1.165) is 38.8 Å². The number of amides is 1. The van der Waals surface area contributed by atoms with E-state index in [9.17, 15) is 4.79 Å². The molecule has 1 saturated heterocycles. The molecule has 1 aliphatic heterocycles. The van der Waals surface area contributed by atoms with Gasteiger partial charge in [0.2, 0.25) is 0 Å². The molecule has 0 bridgehead atoms. The Balaban J connectivity index is 2.25. The van der Waals surface area contributed by atoms with Crippen molar-refractivity contribution in [2.24, 2.45) is 5.92 Å². The van der Waals surface area contributed by atoms with Gasteiger partial charge in [-0.1, -0.05) is 12.2 Å². The second-order valence-electron chi connectivity index (χ2n) is 6.14. The Kier molecular flexibility index (Phi) is 6.35. The van der Waals surface area contributed by atoms with Crippen molar-refractivity contribution in [3.8, 4) is 0 Å². The number of carbonyl (C=O) groups excluding carboxylic acids is 1. The molecule has 0 saturated carbocycles. The van der Waals surface area contributed by atoms with Gasteiger partial charge < -0.3 is 14.7 Å². The molecule has 0 aromatic carbocycles. The van der Waals surface area contributed by atoms with Gasteiger partial charge in [-0.05, 0) is 52.4 Å². The lowest BCUT2D eigenvalue weighted by Gasteiger charge is -2.33. The second-order valence-corrected chi connectivity index (χ2v) is 6.14. The van der Waals surface area contributed by atoms with Gasteiger partial charge in [-0.25, -0.2) is 4.79 Å². The van der Waals surface area contributed by atoms with Gasteiger partial charge in [0.1, 0.15) is 5.60 Å². The highest BCUT2D eigenvalue weighted by atomic mass is 16.6. The van der Waals surface area contributed by atoms with E-state index in [1.165, 1.54) is 0 Å². The fraction of sp³-hybridized carbons (Fsp3) is 0.800. The summed E-state index contributed by atoms with van der Waals surface area (Å²) in [7, 11) is 0. The van der Waals surface area contributed by atoms with Gasteiger partial charge in [0, 0.05) is 13.1 Å². The first-order valence-corrected chi connectivity index (χ1v) is 7.16. The highest BCUT2D eigenvalue weighted by Gasteiger charge is 2.26. The van der Waals surface area contributed by atoms with Crippen molar-refractivity contribution >= 4 is 6.09 Å². The van der Waals surface area contributed by atoms with Crippen molar-refractivity contribution in [1.82, 2.24) is 4.90 Å². The second kappa shape index (κ2) is 7.53. The van der Waals surface area contributed by atoms with E-state index in [2.05, 4.69) is 0 Å². The summed E-state index contributed by atoms with van der Waals surface area (Å²) in [4.78, 5) is 13.7. The van der Waals surface area contributed by atoms with Crippen LogP contribution in [0.1, 0.15) is 46.5 Å². The number of hydrogen-bond acceptors (Lipinski definition) is 3. The number of aliphatic hydroxyl groups is 1. The SMILES string of the molecule is CC(C)(C)OC(=O)N1CCC(CC/C=C/CO)CC1. The average Bonchev–Trinajstić information content (AvgIpc) is 2.33. The third-order valence-corrected chi connectivity index (χ3v) is 3.28. The van der Waals surface area contributed by atoms with Gasteiger partial charge in [0.15, 0.2) is 0 Å². The summed E-state index contributed by atoms with van der Waals surface area (Å²) in [5.74, 6) is 0.682. The molecular weight excluding hydrogens is 242 g/mol. The Bertz CT molecular complexity index is 299. The van der Waals surface area contributed by atoms with E-state index in [4.69, 9.17) is 9.84 Å². The molecule has 1 amide bonds. The first kappa shape index (κ1) is 16.0. The standard InChI is InChI=1S/C15H27NO3/c1-15(2,3)19-14(18)16-10-8-13(9-11-16)7-5-4-6-12-17/h4,6,13,17H,5,7-12H2,1-3H3/b6-4+. The number of rotatable bonds is 4. The third-order valence-electron chi connectivity index (χ3n) is 3.28. The van der Waals surface area contributed by atoms with E-state index in [-0.39, 0.29) is 12.7 Å². The zero-order valence-electron chi connectivity index (χ0n) is 12.4. The molecule has 4 nitrogen and oxygen atoms in total. The van der Waals surface area contributed by atoms with Crippen LogP contribution < -0.4 is 0 Å². The van der Waals surface area contributed by atoms with Crippen LogP contribution in [0.5, 0.6) is 0 Å². The quantitative estimate of drug-likeness (QED) is 0.798. The number of ether oxygens (including phenoxy) is 1. The summed E-state index contributed by atoms with van der Waals surface area (Å²) in [6.07, 6.45) is 7.87. The van der Waals surface area contributed by atoms with E-state index >= 15 is 0 Å². The molecule has 110 valence electrons. The molecule has 0 unspecified atom stereocenters. The van der Waals surface area contributed by atoms with E-state index in [1.54, 1.807) is 6.08 Å². The fourth-order valence-electron chi connectivity index (χ4n) is 2.26. The topological polar surface area (TPSA) is 49.8 Å². The number of carbonyl (C=O) groups is 1. The minimum atomic E-state index is -0.414. The highest BCUT2D eigenvalue weighted by molar-refractivity contribution is 5.68. The molecule has 0 aromatic heterocycles. The van der Waals surface area contributed by atoms with Crippen LogP contribution in [0.2, 0.25) is 0 Å². The highest BCUT2D eigenvalue weighted by Crippen LogP contribution is 2.23. The molecule has 0 aromatic rings.